The van der Waals surface area contributed by atoms with Gasteiger partial charge in [-0.25, -0.2) is 0 Å². The Labute approximate surface area is 87.3 Å². The summed E-state index contributed by atoms with van der Waals surface area (Å²) in [4.78, 5) is 10.3. The number of halogens is 1. The first-order valence-electron chi connectivity index (χ1n) is 4.19. The molecule has 0 atom stereocenters. The van der Waals surface area contributed by atoms with Crippen molar-refractivity contribution < 1.29 is 13.9 Å². The zero-order valence-corrected chi connectivity index (χ0v) is 8.37. The molecule has 76 valence electrons. The predicted octanol–water partition coefficient (Wildman–Crippen LogP) is 2.40. The second-order valence-corrected chi connectivity index (χ2v) is 2.87. The van der Waals surface area contributed by atoms with Crippen LogP contribution in [0.1, 0.15) is 16.3 Å². The van der Waals surface area contributed by atoms with Crippen LogP contribution in [0.25, 0.3) is 0 Å². The van der Waals surface area contributed by atoms with Crippen LogP contribution in [0.4, 0.5) is 0 Å². The molecule has 0 aliphatic heterocycles. The SMILES string of the molecule is O=Cc1ccc(COCC=CCCl)o1. The Morgan fingerprint density at radius 1 is 1.43 bits per heavy atom. The lowest BCUT2D eigenvalue weighted by atomic mass is 10.4. The van der Waals surface area contributed by atoms with Gasteiger partial charge in [-0.05, 0) is 12.1 Å². The Bertz CT molecular complexity index is 304. The topological polar surface area (TPSA) is 39.4 Å². The maximum atomic E-state index is 10.3. The van der Waals surface area contributed by atoms with Crippen molar-refractivity contribution >= 4 is 17.9 Å². The highest BCUT2D eigenvalue weighted by Crippen LogP contribution is 2.06. The van der Waals surface area contributed by atoms with Crippen LogP contribution in [0.3, 0.4) is 0 Å². The van der Waals surface area contributed by atoms with Crippen molar-refractivity contribution in [3.8, 4) is 0 Å². The van der Waals surface area contributed by atoms with Crippen molar-refractivity contribution in [1.29, 1.82) is 0 Å². The minimum Gasteiger partial charge on any atom is -0.456 e. The van der Waals surface area contributed by atoms with Gasteiger partial charge in [-0.1, -0.05) is 12.2 Å². The zero-order chi connectivity index (χ0) is 10.2. The quantitative estimate of drug-likeness (QED) is 0.316. The Balaban J connectivity index is 2.24. The summed E-state index contributed by atoms with van der Waals surface area (Å²) in [6, 6.07) is 3.33. The van der Waals surface area contributed by atoms with Gasteiger partial charge in [0.15, 0.2) is 12.0 Å². The summed E-state index contributed by atoms with van der Waals surface area (Å²) in [5.41, 5.74) is 0. The smallest absolute Gasteiger partial charge is 0.185 e. The Morgan fingerprint density at radius 2 is 2.29 bits per heavy atom. The van der Waals surface area contributed by atoms with E-state index in [1.165, 1.54) is 0 Å². The number of rotatable bonds is 6. The molecule has 0 aliphatic carbocycles. The molecule has 1 aromatic rings. The number of hydrogen-bond donors (Lipinski definition) is 0. The second kappa shape index (κ2) is 6.40. The number of aldehydes is 1. The molecule has 0 spiro atoms. The monoisotopic (exact) mass is 214 g/mol. The minimum absolute atomic E-state index is 0.319. The standard InChI is InChI=1S/C10H11ClO3/c11-5-1-2-6-13-8-10-4-3-9(7-12)14-10/h1-4,7H,5-6,8H2. The van der Waals surface area contributed by atoms with E-state index in [9.17, 15) is 4.79 Å². The van der Waals surface area contributed by atoms with Gasteiger partial charge < -0.3 is 9.15 Å². The molecule has 1 heterocycles. The van der Waals surface area contributed by atoms with Crippen LogP contribution in [0.5, 0.6) is 0 Å². The van der Waals surface area contributed by atoms with E-state index in [0.29, 0.717) is 36.9 Å². The van der Waals surface area contributed by atoms with Gasteiger partial charge in [-0.3, -0.25) is 4.79 Å². The average molecular weight is 215 g/mol. The summed E-state index contributed by atoms with van der Waals surface area (Å²) in [6.45, 7) is 0.851. The lowest BCUT2D eigenvalue weighted by Gasteiger charge is -1.96. The van der Waals surface area contributed by atoms with Gasteiger partial charge in [0, 0.05) is 5.88 Å². The largest absolute Gasteiger partial charge is 0.456 e. The van der Waals surface area contributed by atoms with Crippen LogP contribution in [0.2, 0.25) is 0 Å². The molecule has 0 aliphatic rings. The lowest BCUT2D eigenvalue weighted by molar-refractivity contribution is 0.108. The molecule has 0 aromatic carbocycles. The van der Waals surface area contributed by atoms with Crippen molar-refractivity contribution in [2.75, 3.05) is 12.5 Å². The summed E-state index contributed by atoms with van der Waals surface area (Å²) >= 11 is 5.42. The fourth-order valence-corrected chi connectivity index (χ4v) is 1.02. The summed E-state index contributed by atoms with van der Waals surface area (Å²) in [5.74, 6) is 1.45. The van der Waals surface area contributed by atoms with Gasteiger partial charge in [0.1, 0.15) is 12.4 Å². The van der Waals surface area contributed by atoms with Crippen molar-refractivity contribution in [2.45, 2.75) is 6.61 Å². The lowest BCUT2D eigenvalue weighted by Crippen LogP contribution is -1.90. The van der Waals surface area contributed by atoms with Crippen molar-refractivity contribution in [2.24, 2.45) is 0 Å². The van der Waals surface area contributed by atoms with Crippen LogP contribution in [0.15, 0.2) is 28.7 Å². The average Bonchev–Trinajstić information content (AvgIpc) is 2.65. The van der Waals surface area contributed by atoms with Gasteiger partial charge in [0.25, 0.3) is 0 Å². The van der Waals surface area contributed by atoms with Gasteiger partial charge in [0.05, 0.1) is 6.61 Å². The number of ether oxygens (including phenoxy) is 1. The van der Waals surface area contributed by atoms with Crippen LogP contribution in [-0.2, 0) is 11.3 Å². The number of alkyl halides is 1. The van der Waals surface area contributed by atoms with Gasteiger partial charge in [-0.2, -0.15) is 0 Å². The van der Waals surface area contributed by atoms with Crippen molar-refractivity contribution in [3.05, 3.63) is 35.8 Å². The number of furan rings is 1. The Kier molecular flexibility index (Phi) is 5.04. The van der Waals surface area contributed by atoms with Crippen LogP contribution < -0.4 is 0 Å². The summed E-state index contributed by atoms with van der Waals surface area (Å²) < 4.78 is 10.3. The first-order chi connectivity index (χ1) is 6.86. The molecule has 0 amide bonds. The Hall–Kier alpha value is -1.06. The second-order valence-electron chi connectivity index (χ2n) is 2.56. The molecule has 14 heavy (non-hydrogen) atoms. The third kappa shape index (κ3) is 3.77. The van der Waals surface area contributed by atoms with E-state index < -0.39 is 0 Å². The van der Waals surface area contributed by atoms with E-state index in [-0.39, 0.29) is 0 Å². The van der Waals surface area contributed by atoms with E-state index >= 15 is 0 Å². The van der Waals surface area contributed by atoms with E-state index in [0.717, 1.165) is 0 Å². The molecule has 1 aromatic heterocycles. The molecule has 0 bridgehead atoms. The highest BCUT2D eigenvalue weighted by atomic mass is 35.5. The van der Waals surface area contributed by atoms with E-state index in [1.807, 2.05) is 6.08 Å². The van der Waals surface area contributed by atoms with E-state index in [1.54, 1.807) is 18.2 Å². The van der Waals surface area contributed by atoms with Crippen molar-refractivity contribution in [3.63, 3.8) is 0 Å². The number of carbonyl (C=O) groups excluding carboxylic acids is 1. The maximum absolute atomic E-state index is 10.3. The zero-order valence-electron chi connectivity index (χ0n) is 7.61. The first-order valence-corrected chi connectivity index (χ1v) is 4.73. The van der Waals surface area contributed by atoms with Crippen molar-refractivity contribution in [1.82, 2.24) is 0 Å². The highest BCUT2D eigenvalue weighted by Gasteiger charge is 1.99. The van der Waals surface area contributed by atoms with Gasteiger partial charge >= 0.3 is 0 Å². The normalized spacial score (nSPS) is 10.9. The molecular formula is C10H11ClO3. The summed E-state index contributed by atoms with van der Waals surface area (Å²) in [6.07, 6.45) is 4.30. The molecule has 0 fully saturated rings. The maximum Gasteiger partial charge on any atom is 0.185 e. The van der Waals surface area contributed by atoms with Crippen LogP contribution in [0, 0.1) is 0 Å². The third-order valence-electron chi connectivity index (χ3n) is 1.51. The fraction of sp³-hybridized carbons (Fsp3) is 0.300. The molecule has 0 saturated heterocycles. The van der Waals surface area contributed by atoms with E-state index in [4.69, 9.17) is 20.8 Å². The highest BCUT2D eigenvalue weighted by molar-refractivity contribution is 6.18. The first kappa shape index (κ1) is 11.0. The molecule has 0 unspecified atom stereocenters. The molecule has 0 saturated carbocycles. The molecule has 4 heteroatoms. The summed E-state index contributed by atoms with van der Waals surface area (Å²) in [5, 5.41) is 0. The number of allylic oxidation sites excluding steroid dienone is 1. The van der Waals surface area contributed by atoms with Gasteiger partial charge in [-0.15, -0.1) is 11.6 Å². The fourth-order valence-electron chi connectivity index (χ4n) is 0.894. The number of hydrogen-bond acceptors (Lipinski definition) is 3. The predicted molar refractivity (Wildman–Crippen MR) is 53.6 cm³/mol. The third-order valence-corrected chi connectivity index (χ3v) is 1.69. The molecule has 0 radical (unpaired) electrons. The van der Waals surface area contributed by atoms with E-state index in [2.05, 4.69) is 0 Å². The molecule has 0 N–H and O–H groups in total. The minimum atomic E-state index is 0.319. The Morgan fingerprint density at radius 3 is 2.93 bits per heavy atom. The molecule has 3 nitrogen and oxygen atoms in total. The molecular weight excluding hydrogens is 204 g/mol. The number of carbonyl (C=O) groups is 1. The van der Waals surface area contributed by atoms with Crippen LogP contribution >= 0.6 is 11.6 Å². The van der Waals surface area contributed by atoms with Gasteiger partial charge in [0.2, 0.25) is 0 Å². The summed E-state index contributed by atoms with van der Waals surface area (Å²) in [7, 11) is 0. The molecule has 1 rings (SSSR count). The van der Waals surface area contributed by atoms with Crippen LogP contribution in [-0.4, -0.2) is 18.8 Å².